The number of likely N-dealkylation sites (tertiary alicyclic amines) is 1. The molecule has 1 saturated heterocycles. The lowest BCUT2D eigenvalue weighted by Gasteiger charge is -2.17. The minimum absolute atomic E-state index is 0.0264. The standard InChI is InChI=1S/C13H16FN3O3/c1-2-13(18)16-6-5-9(8-16)15-12-4-3-10(17(19)20)7-11(12)14/h3-4,7,9,15H,2,5-6,8H2,1H3. The Labute approximate surface area is 115 Å². The second-order valence-electron chi connectivity index (χ2n) is 4.74. The number of nitro benzene ring substituents is 1. The highest BCUT2D eigenvalue weighted by Gasteiger charge is 2.25. The Morgan fingerprint density at radius 2 is 2.35 bits per heavy atom. The third-order valence-corrected chi connectivity index (χ3v) is 3.37. The van der Waals surface area contributed by atoms with Crippen molar-refractivity contribution >= 4 is 17.3 Å². The molecule has 1 aliphatic heterocycles. The fourth-order valence-electron chi connectivity index (χ4n) is 2.28. The fraction of sp³-hybridized carbons (Fsp3) is 0.462. The molecule has 2 rings (SSSR count). The topological polar surface area (TPSA) is 75.5 Å². The monoisotopic (exact) mass is 281 g/mol. The molecule has 7 heteroatoms. The molecule has 1 N–H and O–H groups in total. The van der Waals surface area contributed by atoms with E-state index in [1.807, 2.05) is 0 Å². The molecule has 1 atom stereocenters. The number of carbonyl (C=O) groups is 1. The van der Waals surface area contributed by atoms with Gasteiger partial charge in [-0.15, -0.1) is 0 Å². The summed E-state index contributed by atoms with van der Waals surface area (Å²) >= 11 is 0. The lowest BCUT2D eigenvalue weighted by atomic mass is 10.2. The van der Waals surface area contributed by atoms with Crippen LogP contribution < -0.4 is 5.32 Å². The maximum Gasteiger partial charge on any atom is 0.272 e. The Morgan fingerprint density at radius 1 is 1.60 bits per heavy atom. The lowest BCUT2D eigenvalue weighted by Crippen LogP contribution is -2.31. The highest BCUT2D eigenvalue weighted by molar-refractivity contribution is 5.76. The van der Waals surface area contributed by atoms with Gasteiger partial charge in [0, 0.05) is 31.6 Å². The van der Waals surface area contributed by atoms with Crippen molar-refractivity contribution in [2.24, 2.45) is 0 Å². The summed E-state index contributed by atoms with van der Waals surface area (Å²) in [5.74, 6) is -0.571. The molecule has 1 amide bonds. The Bertz CT molecular complexity index is 536. The summed E-state index contributed by atoms with van der Waals surface area (Å²) in [6.45, 7) is 2.99. The molecule has 1 aromatic carbocycles. The summed E-state index contributed by atoms with van der Waals surface area (Å²) in [5.41, 5.74) is -0.0475. The van der Waals surface area contributed by atoms with E-state index in [9.17, 15) is 19.3 Å². The molecular weight excluding hydrogens is 265 g/mol. The Kier molecular flexibility index (Phi) is 4.16. The van der Waals surface area contributed by atoms with E-state index in [1.165, 1.54) is 12.1 Å². The molecule has 0 bridgehead atoms. The fourth-order valence-corrected chi connectivity index (χ4v) is 2.28. The molecule has 20 heavy (non-hydrogen) atoms. The van der Waals surface area contributed by atoms with E-state index in [4.69, 9.17) is 0 Å². The van der Waals surface area contributed by atoms with Gasteiger partial charge in [-0.05, 0) is 12.5 Å². The number of nitro groups is 1. The van der Waals surface area contributed by atoms with Crippen LogP contribution in [0.4, 0.5) is 15.8 Å². The minimum Gasteiger partial charge on any atom is -0.378 e. The van der Waals surface area contributed by atoms with Gasteiger partial charge in [0.1, 0.15) is 0 Å². The second kappa shape index (κ2) is 5.85. The van der Waals surface area contributed by atoms with Crippen molar-refractivity contribution in [3.05, 3.63) is 34.1 Å². The Morgan fingerprint density at radius 3 is 2.95 bits per heavy atom. The van der Waals surface area contributed by atoms with Crippen LogP contribution in [0.2, 0.25) is 0 Å². The molecule has 1 aliphatic rings. The SMILES string of the molecule is CCC(=O)N1CCC(Nc2ccc([N+](=O)[O-])cc2F)C1. The zero-order valence-electron chi connectivity index (χ0n) is 11.1. The van der Waals surface area contributed by atoms with Gasteiger partial charge in [-0.2, -0.15) is 0 Å². The van der Waals surface area contributed by atoms with E-state index >= 15 is 0 Å². The smallest absolute Gasteiger partial charge is 0.272 e. The first-order chi connectivity index (χ1) is 9.51. The molecule has 0 saturated carbocycles. The van der Waals surface area contributed by atoms with E-state index in [-0.39, 0.29) is 23.3 Å². The summed E-state index contributed by atoms with van der Waals surface area (Å²) < 4.78 is 13.7. The Balaban J connectivity index is 2.01. The summed E-state index contributed by atoms with van der Waals surface area (Å²) in [7, 11) is 0. The van der Waals surface area contributed by atoms with Gasteiger partial charge in [-0.1, -0.05) is 6.92 Å². The number of nitrogens with zero attached hydrogens (tertiary/aromatic N) is 2. The molecule has 6 nitrogen and oxygen atoms in total. The van der Waals surface area contributed by atoms with Crippen LogP contribution in [0.5, 0.6) is 0 Å². The number of nitrogens with one attached hydrogen (secondary N) is 1. The maximum atomic E-state index is 13.7. The van der Waals surface area contributed by atoms with Crippen LogP contribution in [0.3, 0.4) is 0 Å². The van der Waals surface area contributed by atoms with E-state index in [0.717, 1.165) is 12.5 Å². The molecule has 1 aromatic rings. The summed E-state index contributed by atoms with van der Waals surface area (Å²) in [6.07, 6.45) is 1.20. The molecule has 0 radical (unpaired) electrons. The van der Waals surface area contributed by atoms with E-state index in [1.54, 1.807) is 11.8 Å². The quantitative estimate of drug-likeness (QED) is 0.677. The van der Waals surface area contributed by atoms with Gasteiger partial charge < -0.3 is 10.2 Å². The average Bonchev–Trinajstić information content (AvgIpc) is 2.88. The van der Waals surface area contributed by atoms with Crippen molar-refractivity contribution in [2.75, 3.05) is 18.4 Å². The number of hydrogen-bond donors (Lipinski definition) is 1. The highest BCUT2D eigenvalue weighted by atomic mass is 19.1. The van der Waals surface area contributed by atoms with Gasteiger partial charge in [0.2, 0.25) is 5.91 Å². The normalized spacial score (nSPS) is 18.1. The predicted molar refractivity (Wildman–Crippen MR) is 72.0 cm³/mol. The zero-order chi connectivity index (χ0) is 14.7. The van der Waals surface area contributed by atoms with Gasteiger partial charge >= 0.3 is 0 Å². The number of amides is 1. The number of carbonyl (C=O) groups excluding carboxylic acids is 1. The molecule has 0 aliphatic carbocycles. The van der Waals surface area contributed by atoms with Crippen molar-refractivity contribution < 1.29 is 14.1 Å². The van der Waals surface area contributed by atoms with Crippen LogP contribution >= 0.6 is 0 Å². The van der Waals surface area contributed by atoms with Gasteiger partial charge in [0.25, 0.3) is 5.69 Å². The molecule has 1 unspecified atom stereocenters. The summed E-state index contributed by atoms with van der Waals surface area (Å²) in [6, 6.07) is 3.49. The first-order valence-corrected chi connectivity index (χ1v) is 6.49. The number of anilines is 1. The second-order valence-corrected chi connectivity index (χ2v) is 4.74. The van der Waals surface area contributed by atoms with Crippen LogP contribution in [-0.4, -0.2) is 34.9 Å². The van der Waals surface area contributed by atoms with Crippen LogP contribution in [0, 0.1) is 15.9 Å². The number of halogens is 1. The van der Waals surface area contributed by atoms with Crippen molar-refractivity contribution in [1.82, 2.24) is 4.90 Å². The van der Waals surface area contributed by atoms with Crippen molar-refractivity contribution in [1.29, 1.82) is 0 Å². The Hall–Kier alpha value is -2.18. The van der Waals surface area contributed by atoms with Crippen molar-refractivity contribution in [3.8, 4) is 0 Å². The number of non-ortho nitro benzene ring substituents is 1. The summed E-state index contributed by atoms with van der Waals surface area (Å²) in [4.78, 5) is 23.2. The van der Waals surface area contributed by atoms with Crippen LogP contribution in [0.1, 0.15) is 19.8 Å². The first kappa shape index (κ1) is 14.2. The number of rotatable bonds is 4. The molecule has 0 aromatic heterocycles. The van der Waals surface area contributed by atoms with E-state index < -0.39 is 10.7 Å². The van der Waals surface area contributed by atoms with Crippen LogP contribution in [-0.2, 0) is 4.79 Å². The average molecular weight is 281 g/mol. The number of benzene rings is 1. The van der Waals surface area contributed by atoms with Crippen molar-refractivity contribution in [3.63, 3.8) is 0 Å². The maximum absolute atomic E-state index is 13.7. The molecule has 0 spiro atoms. The summed E-state index contributed by atoms with van der Waals surface area (Å²) in [5, 5.41) is 13.5. The van der Waals surface area contributed by atoms with Gasteiger partial charge in [0.15, 0.2) is 5.82 Å². The van der Waals surface area contributed by atoms with Crippen molar-refractivity contribution in [2.45, 2.75) is 25.8 Å². The lowest BCUT2D eigenvalue weighted by molar-refractivity contribution is -0.385. The van der Waals surface area contributed by atoms with Gasteiger partial charge in [-0.25, -0.2) is 4.39 Å². The molecule has 108 valence electrons. The third kappa shape index (κ3) is 3.04. The van der Waals surface area contributed by atoms with E-state index in [2.05, 4.69) is 5.32 Å². The third-order valence-electron chi connectivity index (χ3n) is 3.37. The first-order valence-electron chi connectivity index (χ1n) is 6.49. The van der Waals surface area contributed by atoms with Gasteiger partial charge in [-0.3, -0.25) is 14.9 Å². The van der Waals surface area contributed by atoms with E-state index in [0.29, 0.717) is 19.5 Å². The minimum atomic E-state index is -0.653. The van der Waals surface area contributed by atoms with Crippen LogP contribution in [0.25, 0.3) is 0 Å². The van der Waals surface area contributed by atoms with Gasteiger partial charge in [0.05, 0.1) is 16.7 Å². The predicted octanol–water partition coefficient (Wildman–Crippen LogP) is 2.16. The molecular formula is C13H16FN3O3. The number of hydrogen-bond acceptors (Lipinski definition) is 4. The highest BCUT2D eigenvalue weighted by Crippen LogP contribution is 2.23. The van der Waals surface area contributed by atoms with Crippen LogP contribution in [0.15, 0.2) is 18.2 Å². The largest absolute Gasteiger partial charge is 0.378 e. The molecule has 1 heterocycles. The zero-order valence-corrected chi connectivity index (χ0v) is 11.1. The molecule has 1 fully saturated rings.